The zero-order chi connectivity index (χ0) is 9.84. The van der Waals surface area contributed by atoms with E-state index in [9.17, 15) is 4.79 Å². The molecule has 13 heavy (non-hydrogen) atoms. The Morgan fingerprint density at radius 1 is 1.46 bits per heavy atom. The van der Waals surface area contributed by atoms with Gasteiger partial charge in [-0.25, -0.2) is 4.79 Å². The minimum atomic E-state index is -2.11. The number of carboxylic acid groups (broad SMARTS) is 1. The first kappa shape index (κ1) is 10.3. The Kier molecular flexibility index (Phi) is 3.48. The molecular weight excluding hydrogens is 214 g/mol. The average molecular weight is 221 g/mol. The number of hydrogen-bond acceptors (Lipinski definition) is 3. The maximum atomic E-state index is 10.6. The van der Waals surface area contributed by atoms with Gasteiger partial charge in [0, 0.05) is 0 Å². The second-order valence-electron chi connectivity index (χ2n) is 2.12. The smallest absolute Gasteiger partial charge is 0.339 e. The summed E-state index contributed by atoms with van der Waals surface area (Å²) >= 11 is 5.19. The molecule has 0 fully saturated rings. The maximum absolute atomic E-state index is 10.6. The van der Waals surface area contributed by atoms with Gasteiger partial charge in [-0.05, 0) is 23.4 Å². The molecule has 4 nitrogen and oxygen atoms in total. The highest BCUT2D eigenvalue weighted by atomic mass is 35.7. The van der Waals surface area contributed by atoms with Crippen LogP contribution in [0.25, 0.3) is 0 Å². The van der Waals surface area contributed by atoms with Crippen molar-refractivity contribution in [1.82, 2.24) is 0 Å². The summed E-state index contributed by atoms with van der Waals surface area (Å²) in [6, 6.07) is 5.95. The Hall–Kier alpha value is -0.830. The zero-order valence-electron chi connectivity index (χ0n) is 6.35. The first-order chi connectivity index (χ1) is 6.11. The highest BCUT2D eigenvalue weighted by Crippen LogP contribution is 2.39. The summed E-state index contributed by atoms with van der Waals surface area (Å²) in [4.78, 5) is 19.3. The molecule has 0 aromatic heterocycles. The van der Waals surface area contributed by atoms with Crippen molar-refractivity contribution in [3.8, 4) is 5.75 Å². The fourth-order valence-electron chi connectivity index (χ4n) is 0.804. The number of aromatic carboxylic acids is 1. The fourth-order valence-corrected chi connectivity index (χ4v) is 1.35. The quantitative estimate of drug-likeness (QED) is 0.767. The molecule has 70 valence electrons. The highest BCUT2D eigenvalue weighted by Gasteiger charge is 2.12. The Morgan fingerprint density at radius 3 is 2.62 bits per heavy atom. The lowest BCUT2D eigenvalue weighted by Crippen LogP contribution is -1.98. The lowest BCUT2D eigenvalue weighted by atomic mass is 10.2. The summed E-state index contributed by atoms with van der Waals surface area (Å²) in [5.74, 6) is -1.05. The summed E-state index contributed by atoms with van der Waals surface area (Å²) in [6.07, 6.45) is 0. The van der Waals surface area contributed by atoms with Gasteiger partial charge in [0.25, 0.3) is 0 Å². The van der Waals surface area contributed by atoms with Gasteiger partial charge in [-0.3, -0.25) is 0 Å². The van der Waals surface area contributed by atoms with Gasteiger partial charge < -0.3 is 14.5 Å². The van der Waals surface area contributed by atoms with Gasteiger partial charge in [0.2, 0.25) is 0 Å². The topological polar surface area (TPSA) is 66.8 Å². The van der Waals surface area contributed by atoms with Crippen LogP contribution in [0.1, 0.15) is 10.4 Å². The summed E-state index contributed by atoms with van der Waals surface area (Å²) in [6.45, 7) is 0. The second-order valence-corrected chi connectivity index (χ2v) is 3.62. The van der Waals surface area contributed by atoms with Crippen molar-refractivity contribution in [2.45, 2.75) is 0 Å². The summed E-state index contributed by atoms with van der Waals surface area (Å²) in [5, 5.41) is 8.68. The third-order valence-electron chi connectivity index (χ3n) is 1.29. The van der Waals surface area contributed by atoms with Crippen molar-refractivity contribution < 1.29 is 19.3 Å². The van der Waals surface area contributed by atoms with Gasteiger partial charge in [-0.1, -0.05) is 12.1 Å². The summed E-state index contributed by atoms with van der Waals surface area (Å²) in [7, 11) is -2.11. The summed E-state index contributed by atoms with van der Waals surface area (Å²) < 4.78 is 4.71. The molecule has 0 radical (unpaired) electrons. The molecule has 0 bridgehead atoms. The monoisotopic (exact) mass is 220 g/mol. The van der Waals surface area contributed by atoms with E-state index in [1.165, 1.54) is 12.1 Å². The van der Waals surface area contributed by atoms with E-state index >= 15 is 0 Å². The lowest BCUT2D eigenvalue weighted by Gasteiger charge is -2.07. The van der Waals surface area contributed by atoms with E-state index in [1.807, 2.05) is 0 Å². The third-order valence-corrected chi connectivity index (χ3v) is 1.85. The van der Waals surface area contributed by atoms with Crippen molar-refractivity contribution in [2.75, 3.05) is 0 Å². The van der Waals surface area contributed by atoms with E-state index in [1.54, 1.807) is 12.1 Å². The van der Waals surface area contributed by atoms with Gasteiger partial charge >= 0.3 is 13.7 Å². The van der Waals surface area contributed by atoms with Crippen LogP contribution in [-0.4, -0.2) is 16.0 Å². The highest BCUT2D eigenvalue weighted by molar-refractivity contribution is 7.75. The Labute approximate surface area is 80.4 Å². The number of benzene rings is 1. The molecule has 0 aliphatic rings. The predicted octanol–water partition coefficient (Wildman–Crippen LogP) is 2.22. The first-order valence-electron chi connectivity index (χ1n) is 3.26. The second kappa shape index (κ2) is 4.42. The van der Waals surface area contributed by atoms with Crippen LogP contribution in [0.3, 0.4) is 0 Å². The summed E-state index contributed by atoms with van der Waals surface area (Å²) in [5.41, 5.74) is -0.0234. The molecule has 6 heteroatoms. The van der Waals surface area contributed by atoms with E-state index in [4.69, 9.17) is 25.8 Å². The molecule has 0 amide bonds. The number of halogens is 1. The minimum Gasteiger partial charge on any atom is -0.478 e. The number of carbonyl (C=O) groups is 1. The minimum absolute atomic E-state index is 0.0234. The van der Waals surface area contributed by atoms with Crippen LogP contribution < -0.4 is 4.52 Å². The Bertz CT molecular complexity index is 315. The standard InChI is InChI=1S/C7H6ClO4P/c8-13(11)12-6-4-2-1-3-5(6)7(9)10/h1-4,11H,(H,9,10). The van der Waals surface area contributed by atoms with Crippen molar-refractivity contribution in [1.29, 1.82) is 0 Å². The van der Waals surface area contributed by atoms with Crippen LogP contribution in [0.2, 0.25) is 0 Å². The molecule has 0 spiro atoms. The van der Waals surface area contributed by atoms with Gasteiger partial charge in [0.1, 0.15) is 11.3 Å². The molecule has 1 aromatic carbocycles. The van der Waals surface area contributed by atoms with Gasteiger partial charge in [-0.2, -0.15) is 0 Å². The molecule has 1 atom stereocenters. The first-order valence-corrected chi connectivity index (χ1v) is 5.38. The largest absolute Gasteiger partial charge is 0.478 e. The Balaban J connectivity index is 2.98. The molecule has 1 aromatic rings. The van der Waals surface area contributed by atoms with Crippen LogP contribution in [0.5, 0.6) is 5.75 Å². The van der Waals surface area contributed by atoms with Crippen LogP contribution in [-0.2, 0) is 0 Å². The molecule has 0 aliphatic carbocycles. The SMILES string of the molecule is O=C(O)c1ccccc1OP(O)Cl. The van der Waals surface area contributed by atoms with Crippen molar-refractivity contribution in [3.05, 3.63) is 29.8 Å². The normalized spacial score (nSPS) is 12.2. The van der Waals surface area contributed by atoms with Crippen molar-refractivity contribution in [3.63, 3.8) is 0 Å². The fraction of sp³-hybridized carbons (Fsp3) is 0. The molecule has 1 unspecified atom stereocenters. The van der Waals surface area contributed by atoms with Crippen LogP contribution in [0, 0.1) is 0 Å². The van der Waals surface area contributed by atoms with E-state index in [-0.39, 0.29) is 11.3 Å². The number of carboxylic acids is 1. The number of hydrogen-bond donors (Lipinski definition) is 2. The number of rotatable bonds is 3. The maximum Gasteiger partial charge on any atom is 0.339 e. The molecule has 0 heterocycles. The molecular formula is C7H6ClO4P. The van der Waals surface area contributed by atoms with E-state index < -0.39 is 13.7 Å². The van der Waals surface area contributed by atoms with Crippen molar-refractivity contribution >= 4 is 24.9 Å². The van der Waals surface area contributed by atoms with Gasteiger partial charge in [-0.15, -0.1) is 0 Å². The third kappa shape index (κ3) is 2.84. The lowest BCUT2D eigenvalue weighted by molar-refractivity contribution is 0.0695. The van der Waals surface area contributed by atoms with Crippen LogP contribution in [0.15, 0.2) is 24.3 Å². The zero-order valence-corrected chi connectivity index (χ0v) is 8.00. The van der Waals surface area contributed by atoms with E-state index in [0.717, 1.165) is 0 Å². The Morgan fingerprint density at radius 2 is 2.08 bits per heavy atom. The van der Waals surface area contributed by atoms with E-state index in [2.05, 4.69) is 0 Å². The molecule has 1 rings (SSSR count). The average Bonchev–Trinajstić information content (AvgIpc) is 2.03. The van der Waals surface area contributed by atoms with Crippen LogP contribution >= 0.6 is 19.0 Å². The predicted molar refractivity (Wildman–Crippen MR) is 49.0 cm³/mol. The van der Waals surface area contributed by atoms with Gasteiger partial charge in [0.15, 0.2) is 0 Å². The molecule has 0 aliphatic heterocycles. The van der Waals surface area contributed by atoms with Gasteiger partial charge in [0.05, 0.1) is 0 Å². The van der Waals surface area contributed by atoms with E-state index in [0.29, 0.717) is 0 Å². The van der Waals surface area contributed by atoms with Crippen LogP contribution in [0.4, 0.5) is 0 Å². The molecule has 2 N–H and O–H groups in total. The molecule has 0 saturated heterocycles. The molecule has 0 saturated carbocycles. The number of para-hydroxylation sites is 1. The van der Waals surface area contributed by atoms with Crippen molar-refractivity contribution in [2.24, 2.45) is 0 Å².